The minimum absolute atomic E-state index is 0.112. The quantitative estimate of drug-likeness (QED) is 0.770. The van der Waals surface area contributed by atoms with E-state index in [2.05, 4.69) is 30.7 Å². The maximum Gasteiger partial charge on any atom is 0.343 e. The first-order valence-corrected chi connectivity index (χ1v) is 5.87. The number of esters is 1. The van der Waals surface area contributed by atoms with E-state index in [1.54, 1.807) is 6.92 Å². The first-order valence-electron chi connectivity index (χ1n) is 5.87. The Morgan fingerprint density at radius 1 is 1.44 bits per heavy atom. The van der Waals surface area contributed by atoms with Crippen LogP contribution in [0, 0.1) is 12.3 Å². The van der Waals surface area contributed by atoms with E-state index in [0.29, 0.717) is 17.2 Å². The summed E-state index contributed by atoms with van der Waals surface area (Å²) < 4.78 is 4.75. The first kappa shape index (κ1) is 14.4. The summed E-state index contributed by atoms with van der Waals surface area (Å²) in [5.74, 6) is 0.841. The molecule has 0 bridgehead atoms. The summed E-state index contributed by atoms with van der Waals surface area (Å²) in [6.07, 6.45) is 1.52. The zero-order valence-corrected chi connectivity index (χ0v) is 11.9. The van der Waals surface area contributed by atoms with Gasteiger partial charge < -0.3 is 9.64 Å². The first-order chi connectivity index (χ1) is 8.24. The number of hydrogen-bond acceptors (Lipinski definition) is 5. The molecular weight excluding hydrogens is 230 g/mol. The van der Waals surface area contributed by atoms with Crippen LogP contribution in [0.2, 0.25) is 0 Å². The second-order valence-electron chi connectivity index (χ2n) is 5.56. The molecule has 0 amide bonds. The maximum atomic E-state index is 11.7. The highest BCUT2D eigenvalue weighted by atomic mass is 16.5. The summed E-state index contributed by atoms with van der Waals surface area (Å²) in [5, 5.41) is 0. The van der Waals surface area contributed by atoms with Crippen LogP contribution < -0.4 is 4.90 Å². The van der Waals surface area contributed by atoms with Crippen LogP contribution in [-0.2, 0) is 4.74 Å². The van der Waals surface area contributed by atoms with Gasteiger partial charge in [0.1, 0.15) is 17.2 Å². The molecule has 0 aliphatic carbocycles. The molecule has 5 nitrogen and oxygen atoms in total. The van der Waals surface area contributed by atoms with Crippen molar-refractivity contribution >= 4 is 11.8 Å². The molecule has 1 aromatic rings. The number of ether oxygens (including phenoxy) is 1. The van der Waals surface area contributed by atoms with Crippen molar-refractivity contribution in [2.45, 2.75) is 27.7 Å². The number of hydrogen-bond donors (Lipinski definition) is 0. The van der Waals surface area contributed by atoms with Crippen molar-refractivity contribution in [1.29, 1.82) is 0 Å². The molecule has 0 aliphatic rings. The number of carbonyl (C=O) groups is 1. The zero-order valence-electron chi connectivity index (χ0n) is 11.9. The van der Waals surface area contributed by atoms with Crippen LogP contribution in [-0.4, -0.2) is 36.6 Å². The van der Waals surface area contributed by atoms with Gasteiger partial charge in [0.15, 0.2) is 0 Å². The zero-order chi connectivity index (χ0) is 13.9. The van der Waals surface area contributed by atoms with Gasteiger partial charge in [-0.3, -0.25) is 0 Å². The lowest BCUT2D eigenvalue weighted by molar-refractivity contribution is 0.0600. The molecule has 0 fully saturated rings. The molecule has 0 aliphatic heterocycles. The van der Waals surface area contributed by atoms with Crippen molar-refractivity contribution in [1.82, 2.24) is 9.97 Å². The van der Waals surface area contributed by atoms with Crippen molar-refractivity contribution in [3.63, 3.8) is 0 Å². The van der Waals surface area contributed by atoms with Gasteiger partial charge in [0.25, 0.3) is 0 Å². The monoisotopic (exact) mass is 251 g/mol. The van der Waals surface area contributed by atoms with Crippen molar-refractivity contribution in [3.05, 3.63) is 17.6 Å². The van der Waals surface area contributed by atoms with Gasteiger partial charge in [-0.25, -0.2) is 14.8 Å². The van der Waals surface area contributed by atoms with E-state index < -0.39 is 5.97 Å². The largest absolute Gasteiger partial charge is 0.465 e. The molecular formula is C13H21N3O2. The molecule has 0 unspecified atom stereocenters. The highest BCUT2D eigenvalue weighted by Crippen LogP contribution is 2.22. The van der Waals surface area contributed by atoms with E-state index in [-0.39, 0.29) is 5.41 Å². The van der Waals surface area contributed by atoms with Gasteiger partial charge in [0.2, 0.25) is 0 Å². The summed E-state index contributed by atoms with van der Waals surface area (Å²) in [4.78, 5) is 22.0. The summed E-state index contributed by atoms with van der Waals surface area (Å²) in [6.45, 7) is 8.99. The predicted molar refractivity (Wildman–Crippen MR) is 70.8 cm³/mol. The number of nitrogens with zero attached hydrogens (tertiary/aromatic N) is 3. The number of methoxy groups -OCH3 is 1. The lowest BCUT2D eigenvalue weighted by Gasteiger charge is -2.28. The highest BCUT2D eigenvalue weighted by molar-refractivity contribution is 5.94. The van der Waals surface area contributed by atoms with Gasteiger partial charge in [-0.1, -0.05) is 20.8 Å². The molecule has 5 heteroatoms. The number of aryl methyl sites for hydroxylation is 1. The van der Waals surface area contributed by atoms with E-state index in [9.17, 15) is 4.79 Å². The second-order valence-corrected chi connectivity index (χ2v) is 5.56. The third kappa shape index (κ3) is 3.68. The Balaban J connectivity index is 3.12. The number of carbonyl (C=O) groups excluding carboxylic acids is 1. The molecule has 0 saturated carbocycles. The fourth-order valence-electron chi connectivity index (χ4n) is 1.79. The topological polar surface area (TPSA) is 55.3 Å². The third-order valence-corrected chi connectivity index (χ3v) is 2.37. The second kappa shape index (κ2) is 5.33. The Morgan fingerprint density at radius 3 is 2.56 bits per heavy atom. The van der Waals surface area contributed by atoms with Gasteiger partial charge >= 0.3 is 5.97 Å². The molecule has 0 spiro atoms. The van der Waals surface area contributed by atoms with E-state index >= 15 is 0 Å². The third-order valence-electron chi connectivity index (χ3n) is 2.37. The summed E-state index contributed by atoms with van der Waals surface area (Å²) in [7, 11) is 3.27. The fourth-order valence-corrected chi connectivity index (χ4v) is 1.79. The molecule has 1 rings (SSSR count). The SMILES string of the molecule is COC(=O)c1cnc(C)nc1N(C)CC(C)(C)C. The molecule has 0 N–H and O–H groups in total. The van der Waals surface area contributed by atoms with Crippen molar-refractivity contribution in [3.8, 4) is 0 Å². The Bertz CT molecular complexity index is 438. The highest BCUT2D eigenvalue weighted by Gasteiger charge is 2.21. The predicted octanol–water partition coefficient (Wildman–Crippen LogP) is 2.05. The summed E-state index contributed by atoms with van der Waals surface area (Å²) >= 11 is 0. The molecule has 100 valence electrons. The van der Waals surface area contributed by atoms with Crippen LogP contribution in [0.3, 0.4) is 0 Å². The van der Waals surface area contributed by atoms with Crippen LogP contribution in [0.25, 0.3) is 0 Å². The van der Waals surface area contributed by atoms with Crippen LogP contribution in [0.4, 0.5) is 5.82 Å². The van der Waals surface area contributed by atoms with E-state index in [1.807, 2.05) is 11.9 Å². The minimum atomic E-state index is -0.411. The lowest BCUT2D eigenvalue weighted by atomic mass is 9.96. The van der Waals surface area contributed by atoms with Crippen LogP contribution in [0.1, 0.15) is 37.0 Å². The molecule has 0 aromatic carbocycles. The summed E-state index contributed by atoms with van der Waals surface area (Å²) in [5.41, 5.74) is 0.510. The van der Waals surface area contributed by atoms with Crippen molar-refractivity contribution < 1.29 is 9.53 Å². The fraction of sp³-hybridized carbons (Fsp3) is 0.615. The van der Waals surface area contributed by atoms with Crippen LogP contribution >= 0.6 is 0 Å². The van der Waals surface area contributed by atoms with Gasteiger partial charge in [0, 0.05) is 19.8 Å². The molecule has 1 aromatic heterocycles. The Labute approximate surface area is 108 Å². The van der Waals surface area contributed by atoms with E-state index in [0.717, 1.165) is 6.54 Å². The molecule has 0 saturated heterocycles. The van der Waals surface area contributed by atoms with E-state index in [4.69, 9.17) is 4.74 Å². The maximum absolute atomic E-state index is 11.7. The van der Waals surface area contributed by atoms with E-state index in [1.165, 1.54) is 13.3 Å². The number of anilines is 1. The van der Waals surface area contributed by atoms with Crippen LogP contribution in [0.15, 0.2) is 6.20 Å². The van der Waals surface area contributed by atoms with Crippen molar-refractivity contribution in [2.75, 3.05) is 25.6 Å². The molecule has 18 heavy (non-hydrogen) atoms. The Morgan fingerprint density at radius 2 is 2.06 bits per heavy atom. The summed E-state index contributed by atoms with van der Waals surface area (Å²) in [6, 6.07) is 0. The van der Waals surface area contributed by atoms with Gasteiger partial charge in [-0.15, -0.1) is 0 Å². The number of aromatic nitrogens is 2. The average Bonchev–Trinajstić information content (AvgIpc) is 2.25. The molecule has 1 heterocycles. The van der Waals surface area contributed by atoms with Gasteiger partial charge in [0.05, 0.1) is 7.11 Å². The standard InChI is InChI=1S/C13H21N3O2/c1-9-14-7-10(12(17)18-6)11(15-9)16(5)8-13(2,3)4/h7H,8H2,1-6H3. The van der Waals surface area contributed by atoms with Gasteiger partial charge in [-0.2, -0.15) is 0 Å². The van der Waals surface area contributed by atoms with Crippen LogP contribution in [0.5, 0.6) is 0 Å². The molecule has 0 atom stereocenters. The lowest BCUT2D eigenvalue weighted by Crippen LogP contribution is -2.31. The minimum Gasteiger partial charge on any atom is -0.465 e. The normalized spacial score (nSPS) is 11.2. The Hall–Kier alpha value is -1.65. The Kier molecular flexibility index (Phi) is 4.27. The average molecular weight is 251 g/mol. The molecule has 0 radical (unpaired) electrons. The van der Waals surface area contributed by atoms with Crippen molar-refractivity contribution in [2.24, 2.45) is 5.41 Å². The van der Waals surface area contributed by atoms with Gasteiger partial charge in [-0.05, 0) is 12.3 Å². The number of rotatable bonds is 3. The smallest absolute Gasteiger partial charge is 0.343 e.